The molecule has 0 aliphatic carbocycles. The summed E-state index contributed by atoms with van der Waals surface area (Å²) in [4.78, 5) is 21.4. The Morgan fingerprint density at radius 2 is 1.79 bits per heavy atom. The van der Waals surface area contributed by atoms with Gasteiger partial charge in [0.25, 0.3) is 5.56 Å². The van der Waals surface area contributed by atoms with Crippen LogP contribution in [-0.4, -0.2) is 26.7 Å². The lowest BCUT2D eigenvalue weighted by Gasteiger charge is -2.17. The van der Waals surface area contributed by atoms with Gasteiger partial charge in [0.05, 0.1) is 11.9 Å². The molecule has 1 aromatic carbocycles. The highest BCUT2D eigenvalue weighted by molar-refractivity contribution is 5.72. The normalized spacial score (nSPS) is 11.3. The van der Waals surface area contributed by atoms with Crippen molar-refractivity contribution in [2.75, 3.05) is 12.8 Å². The highest BCUT2D eigenvalue weighted by atomic mass is 16.5. The molecule has 4 aromatic rings. The second-order valence-electron chi connectivity index (χ2n) is 7.93. The summed E-state index contributed by atoms with van der Waals surface area (Å²) in [5.41, 5.74) is 10.7. The molecule has 0 bridgehead atoms. The van der Waals surface area contributed by atoms with Gasteiger partial charge in [-0.3, -0.25) is 4.79 Å². The van der Waals surface area contributed by atoms with Crippen LogP contribution in [0.3, 0.4) is 0 Å². The first-order chi connectivity index (χ1) is 16.0. The zero-order valence-corrected chi connectivity index (χ0v) is 19.1. The van der Waals surface area contributed by atoms with E-state index in [1.54, 1.807) is 22.9 Å². The third-order valence-corrected chi connectivity index (χ3v) is 5.74. The van der Waals surface area contributed by atoms with Crippen LogP contribution in [0.5, 0.6) is 0 Å². The molecular formula is C25H28N6O2. The SMILES string of the molecule is CCC(CC)n1cc(-c2cnc(N)c(-c3cc(-c4ccc(CNC)cc4)no3)n2)ccc1=O. The lowest BCUT2D eigenvalue weighted by molar-refractivity contribution is 0.434. The molecule has 33 heavy (non-hydrogen) atoms. The smallest absolute Gasteiger partial charge is 0.250 e. The van der Waals surface area contributed by atoms with Gasteiger partial charge < -0.3 is 20.1 Å². The van der Waals surface area contributed by atoms with E-state index in [-0.39, 0.29) is 17.4 Å². The number of nitrogens with two attached hydrogens (primary N) is 1. The third-order valence-electron chi connectivity index (χ3n) is 5.74. The number of nitrogens with zero attached hydrogens (tertiary/aromatic N) is 4. The van der Waals surface area contributed by atoms with Gasteiger partial charge in [0.15, 0.2) is 17.3 Å². The Kier molecular flexibility index (Phi) is 6.65. The zero-order chi connectivity index (χ0) is 23.4. The average Bonchev–Trinajstić information content (AvgIpc) is 3.32. The highest BCUT2D eigenvalue weighted by Gasteiger charge is 2.16. The lowest BCUT2D eigenvalue weighted by atomic mass is 10.1. The molecule has 8 heteroatoms. The van der Waals surface area contributed by atoms with E-state index < -0.39 is 0 Å². The van der Waals surface area contributed by atoms with E-state index in [0.717, 1.165) is 30.5 Å². The Morgan fingerprint density at radius 3 is 2.48 bits per heavy atom. The van der Waals surface area contributed by atoms with Crippen LogP contribution in [-0.2, 0) is 6.54 Å². The quantitative estimate of drug-likeness (QED) is 0.417. The molecule has 0 aliphatic heterocycles. The van der Waals surface area contributed by atoms with Crippen molar-refractivity contribution in [3.63, 3.8) is 0 Å². The molecular weight excluding hydrogens is 416 g/mol. The van der Waals surface area contributed by atoms with Crippen LogP contribution in [0.2, 0.25) is 0 Å². The molecule has 3 N–H and O–H groups in total. The third kappa shape index (κ3) is 4.70. The second-order valence-corrected chi connectivity index (χ2v) is 7.93. The van der Waals surface area contributed by atoms with Gasteiger partial charge >= 0.3 is 0 Å². The van der Waals surface area contributed by atoms with Crippen LogP contribution in [0.15, 0.2) is 64.2 Å². The number of pyridine rings is 1. The van der Waals surface area contributed by atoms with Crippen LogP contribution in [0, 0.1) is 0 Å². The summed E-state index contributed by atoms with van der Waals surface area (Å²) in [7, 11) is 1.91. The number of hydrogen-bond donors (Lipinski definition) is 2. The first kappa shape index (κ1) is 22.4. The molecule has 4 rings (SSSR count). The number of nitrogen functional groups attached to an aromatic ring is 1. The average molecular weight is 445 g/mol. The molecule has 3 aromatic heterocycles. The summed E-state index contributed by atoms with van der Waals surface area (Å²) in [5, 5.41) is 7.32. The Morgan fingerprint density at radius 1 is 1.06 bits per heavy atom. The van der Waals surface area contributed by atoms with Crippen molar-refractivity contribution in [1.29, 1.82) is 0 Å². The summed E-state index contributed by atoms with van der Waals surface area (Å²) in [5.74, 6) is 0.684. The Labute approximate surface area is 192 Å². The van der Waals surface area contributed by atoms with Crippen molar-refractivity contribution >= 4 is 5.82 Å². The number of anilines is 1. The summed E-state index contributed by atoms with van der Waals surface area (Å²) in [6, 6.07) is 13.4. The Bertz CT molecular complexity index is 1290. The minimum absolute atomic E-state index is 0.0308. The molecule has 0 atom stereocenters. The minimum Gasteiger partial charge on any atom is -0.382 e. The molecule has 0 fully saturated rings. The largest absolute Gasteiger partial charge is 0.382 e. The van der Waals surface area contributed by atoms with Crippen molar-refractivity contribution in [2.24, 2.45) is 0 Å². The Balaban J connectivity index is 1.68. The Hall–Kier alpha value is -3.78. The van der Waals surface area contributed by atoms with E-state index >= 15 is 0 Å². The van der Waals surface area contributed by atoms with E-state index in [2.05, 4.69) is 29.3 Å². The first-order valence-corrected chi connectivity index (χ1v) is 11.1. The summed E-state index contributed by atoms with van der Waals surface area (Å²) in [6.45, 7) is 4.95. The fraction of sp³-hybridized carbons (Fsp3) is 0.280. The number of rotatable bonds is 8. The van der Waals surface area contributed by atoms with Crippen molar-refractivity contribution < 1.29 is 4.52 Å². The topological polar surface area (TPSA) is 112 Å². The summed E-state index contributed by atoms with van der Waals surface area (Å²) in [6.07, 6.45) is 5.18. The molecule has 0 unspecified atom stereocenters. The van der Waals surface area contributed by atoms with E-state index in [1.165, 1.54) is 5.56 Å². The van der Waals surface area contributed by atoms with E-state index in [4.69, 9.17) is 15.2 Å². The van der Waals surface area contributed by atoms with Crippen LogP contribution in [0.1, 0.15) is 38.3 Å². The second kappa shape index (κ2) is 9.79. The van der Waals surface area contributed by atoms with Gasteiger partial charge in [-0.25, -0.2) is 9.97 Å². The monoisotopic (exact) mass is 444 g/mol. The van der Waals surface area contributed by atoms with E-state index in [9.17, 15) is 4.79 Å². The number of nitrogens with one attached hydrogen (secondary N) is 1. The maximum Gasteiger partial charge on any atom is 0.250 e. The van der Waals surface area contributed by atoms with Crippen LogP contribution in [0.25, 0.3) is 34.0 Å². The van der Waals surface area contributed by atoms with E-state index in [0.29, 0.717) is 22.8 Å². The van der Waals surface area contributed by atoms with Gasteiger partial charge in [-0.2, -0.15) is 0 Å². The van der Waals surface area contributed by atoms with Gasteiger partial charge in [0, 0.05) is 42.0 Å². The maximum absolute atomic E-state index is 12.4. The molecule has 0 amide bonds. The lowest BCUT2D eigenvalue weighted by Crippen LogP contribution is -2.23. The standard InChI is InChI=1S/C25H28N6O2/c1-4-19(5-2)31-15-18(10-11-23(31)32)21-14-28-25(26)24(29-21)22-12-20(30-33-22)17-8-6-16(7-9-17)13-27-3/h6-12,14-15,19,27H,4-5,13H2,1-3H3,(H2,26,28). The molecule has 3 heterocycles. The molecule has 0 spiro atoms. The number of benzene rings is 1. The molecule has 8 nitrogen and oxygen atoms in total. The fourth-order valence-corrected chi connectivity index (χ4v) is 3.86. The highest BCUT2D eigenvalue weighted by Crippen LogP contribution is 2.29. The maximum atomic E-state index is 12.4. The molecule has 0 aliphatic rings. The van der Waals surface area contributed by atoms with Crippen molar-refractivity contribution in [2.45, 2.75) is 39.3 Å². The van der Waals surface area contributed by atoms with Crippen molar-refractivity contribution in [1.82, 2.24) is 25.0 Å². The molecule has 170 valence electrons. The van der Waals surface area contributed by atoms with Gasteiger partial charge in [0.1, 0.15) is 5.69 Å². The van der Waals surface area contributed by atoms with Crippen LogP contribution in [0.4, 0.5) is 5.82 Å². The van der Waals surface area contributed by atoms with Crippen molar-refractivity contribution in [3.8, 4) is 34.0 Å². The number of aromatic nitrogens is 4. The zero-order valence-electron chi connectivity index (χ0n) is 19.1. The van der Waals surface area contributed by atoms with Crippen molar-refractivity contribution in [3.05, 3.63) is 70.8 Å². The molecule has 0 radical (unpaired) electrons. The summed E-state index contributed by atoms with van der Waals surface area (Å²) >= 11 is 0. The van der Waals surface area contributed by atoms with Gasteiger partial charge in [-0.15, -0.1) is 0 Å². The van der Waals surface area contributed by atoms with Crippen LogP contribution >= 0.6 is 0 Å². The molecule has 0 saturated carbocycles. The van der Waals surface area contributed by atoms with Gasteiger partial charge in [-0.05, 0) is 31.5 Å². The van der Waals surface area contributed by atoms with E-state index in [1.807, 2.05) is 43.6 Å². The molecule has 0 saturated heterocycles. The number of hydrogen-bond acceptors (Lipinski definition) is 7. The minimum atomic E-state index is -0.0308. The van der Waals surface area contributed by atoms with Gasteiger partial charge in [0.2, 0.25) is 0 Å². The van der Waals surface area contributed by atoms with Gasteiger partial charge in [-0.1, -0.05) is 43.3 Å². The predicted octanol–water partition coefficient (Wildman–Crippen LogP) is 4.29. The predicted molar refractivity (Wildman–Crippen MR) is 129 cm³/mol. The summed E-state index contributed by atoms with van der Waals surface area (Å²) < 4.78 is 7.33. The van der Waals surface area contributed by atoms with Crippen LogP contribution < -0.4 is 16.6 Å². The fourth-order valence-electron chi connectivity index (χ4n) is 3.86. The first-order valence-electron chi connectivity index (χ1n) is 11.1.